The molecule has 0 saturated carbocycles. The number of hydrogen-bond donors (Lipinski definition) is 0. The molecule has 0 saturated heterocycles. The van der Waals surface area contributed by atoms with Crippen LogP contribution in [0.5, 0.6) is 0 Å². The highest BCUT2D eigenvalue weighted by Gasteiger charge is 2.19. The summed E-state index contributed by atoms with van der Waals surface area (Å²) >= 11 is 0. The molecule has 10 rings (SSSR count). The summed E-state index contributed by atoms with van der Waals surface area (Å²) in [5.41, 5.74) is 10.3. The van der Waals surface area contributed by atoms with Gasteiger partial charge in [-0.1, -0.05) is 200 Å². The Balaban J connectivity index is 1.14. The average molecular weight is 716 g/mol. The highest BCUT2D eigenvalue weighted by molar-refractivity contribution is 6.20. The van der Waals surface area contributed by atoms with Crippen molar-refractivity contribution in [3.63, 3.8) is 0 Å². The number of hydrogen-bond acceptors (Lipinski definition) is 3. The van der Waals surface area contributed by atoms with Crippen molar-refractivity contribution in [1.82, 2.24) is 15.0 Å². The molecular formula is C53H37N3. The van der Waals surface area contributed by atoms with Gasteiger partial charge in [-0.05, 0) is 78.2 Å². The molecule has 3 nitrogen and oxygen atoms in total. The summed E-state index contributed by atoms with van der Waals surface area (Å²) in [4.78, 5) is 14.9. The van der Waals surface area contributed by atoms with Crippen LogP contribution in [0.2, 0.25) is 0 Å². The monoisotopic (exact) mass is 715 g/mol. The zero-order chi connectivity index (χ0) is 37.3. The largest absolute Gasteiger partial charge is 0.208 e. The molecule has 8 aromatic rings. The third-order valence-corrected chi connectivity index (χ3v) is 10.8. The molecule has 1 heterocycles. The Bertz CT molecular complexity index is 2970. The fourth-order valence-corrected chi connectivity index (χ4v) is 8.20. The molecule has 2 aliphatic rings. The van der Waals surface area contributed by atoms with Crippen molar-refractivity contribution in [1.29, 1.82) is 0 Å². The lowest BCUT2D eigenvalue weighted by molar-refractivity contribution is 1.04. The highest BCUT2D eigenvalue weighted by atomic mass is 15.0. The van der Waals surface area contributed by atoms with Gasteiger partial charge in [-0.2, -0.15) is 0 Å². The van der Waals surface area contributed by atoms with Gasteiger partial charge in [0.1, 0.15) is 0 Å². The van der Waals surface area contributed by atoms with E-state index in [1.807, 2.05) is 60.7 Å². The summed E-state index contributed by atoms with van der Waals surface area (Å²) in [6.07, 6.45) is 19.7. The molecule has 2 aliphatic carbocycles. The van der Waals surface area contributed by atoms with E-state index < -0.39 is 0 Å². The minimum absolute atomic E-state index is 0.662. The van der Waals surface area contributed by atoms with Crippen LogP contribution >= 0.6 is 0 Å². The SMILES string of the molecule is C1=CCC=c2c(-c3ccccc3)c3ccc4c(C5=CCC=C(c6nc(-c7ccccc7)nc(-c7ccccc7)n6)C=C5)cccc4c3c(-c3ccccc3)c2=C1. The van der Waals surface area contributed by atoms with Crippen LogP contribution in [0, 0.1) is 0 Å². The molecule has 0 bridgehead atoms. The Labute approximate surface area is 326 Å². The topological polar surface area (TPSA) is 38.7 Å². The normalized spacial score (nSPS) is 13.6. The predicted molar refractivity (Wildman–Crippen MR) is 235 cm³/mol. The maximum atomic E-state index is 5.01. The first-order valence-electron chi connectivity index (χ1n) is 19.3. The highest BCUT2D eigenvalue weighted by Crippen LogP contribution is 2.39. The second-order valence-corrected chi connectivity index (χ2v) is 14.2. The van der Waals surface area contributed by atoms with Gasteiger partial charge in [0.2, 0.25) is 0 Å². The molecular weight excluding hydrogens is 679 g/mol. The molecule has 0 amide bonds. The van der Waals surface area contributed by atoms with Crippen LogP contribution in [-0.2, 0) is 0 Å². The number of nitrogens with zero attached hydrogens (tertiary/aromatic N) is 3. The van der Waals surface area contributed by atoms with Crippen LogP contribution in [0.1, 0.15) is 24.2 Å². The van der Waals surface area contributed by atoms with E-state index in [0.717, 1.165) is 29.5 Å². The van der Waals surface area contributed by atoms with Crippen LogP contribution in [0.15, 0.2) is 188 Å². The van der Waals surface area contributed by atoms with Gasteiger partial charge in [0.25, 0.3) is 0 Å². The number of rotatable bonds is 6. The average Bonchev–Trinajstić information content (AvgIpc) is 3.68. The molecule has 1 aromatic heterocycles. The first kappa shape index (κ1) is 33.3. The Kier molecular flexibility index (Phi) is 8.66. The number of benzene rings is 7. The van der Waals surface area contributed by atoms with Crippen LogP contribution in [0.25, 0.3) is 89.9 Å². The van der Waals surface area contributed by atoms with Gasteiger partial charge in [-0.15, -0.1) is 0 Å². The van der Waals surface area contributed by atoms with E-state index in [0.29, 0.717) is 17.5 Å². The minimum Gasteiger partial charge on any atom is -0.208 e. The van der Waals surface area contributed by atoms with Crippen molar-refractivity contribution in [2.45, 2.75) is 12.8 Å². The molecule has 0 fully saturated rings. The first-order valence-corrected chi connectivity index (χ1v) is 19.3. The number of fused-ring (bicyclic) bond motifs is 4. The maximum absolute atomic E-state index is 5.01. The summed E-state index contributed by atoms with van der Waals surface area (Å²) in [5.74, 6) is 1.99. The molecule has 264 valence electrons. The predicted octanol–water partition coefficient (Wildman–Crippen LogP) is 11.8. The number of allylic oxidation sites excluding steroid dienone is 8. The van der Waals surface area contributed by atoms with Crippen LogP contribution in [0.4, 0.5) is 0 Å². The number of aromatic nitrogens is 3. The van der Waals surface area contributed by atoms with Crippen molar-refractivity contribution in [3.8, 4) is 45.0 Å². The molecule has 7 aromatic carbocycles. The van der Waals surface area contributed by atoms with Gasteiger partial charge in [0.05, 0.1) is 0 Å². The molecule has 0 N–H and O–H groups in total. The van der Waals surface area contributed by atoms with Crippen LogP contribution < -0.4 is 10.4 Å². The molecule has 0 atom stereocenters. The van der Waals surface area contributed by atoms with E-state index >= 15 is 0 Å². The smallest absolute Gasteiger partial charge is 0.164 e. The Morgan fingerprint density at radius 3 is 1.59 bits per heavy atom. The lowest BCUT2D eigenvalue weighted by Crippen LogP contribution is -2.29. The summed E-state index contributed by atoms with van der Waals surface area (Å²) in [6, 6.07) is 53.5. The fraction of sp³-hybridized carbons (Fsp3) is 0.0377. The third kappa shape index (κ3) is 6.10. The van der Waals surface area contributed by atoms with Gasteiger partial charge < -0.3 is 0 Å². The molecule has 56 heavy (non-hydrogen) atoms. The third-order valence-electron chi connectivity index (χ3n) is 10.8. The van der Waals surface area contributed by atoms with Crippen LogP contribution in [0.3, 0.4) is 0 Å². The zero-order valence-electron chi connectivity index (χ0n) is 30.8. The first-order chi connectivity index (χ1) is 27.8. The maximum Gasteiger partial charge on any atom is 0.164 e. The summed E-state index contributed by atoms with van der Waals surface area (Å²) < 4.78 is 0. The summed E-state index contributed by atoms with van der Waals surface area (Å²) in [6.45, 7) is 0. The Hall–Kier alpha value is -7.23. The van der Waals surface area contributed by atoms with Crippen molar-refractivity contribution in [2.75, 3.05) is 0 Å². The summed E-state index contributed by atoms with van der Waals surface area (Å²) in [7, 11) is 0. The van der Waals surface area contributed by atoms with E-state index in [-0.39, 0.29) is 0 Å². The van der Waals surface area contributed by atoms with Crippen molar-refractivity contribution < 1.29 is 0 Å². The molecule has 0 unspecified atom stereocenters. The van der Waals surface area contributed by atoms with E-state index in [4.69, 9.17) is 15.0 Å². The van der Waals surface area contributed by atoms with Gasteiger partial charge in [-0.25, -0.2) is 15.0 Å². The van der Waals surface area contributed by atoms with Gasteiger partial charge >= 0.3 is 0 Å². The lowest BCUT2D eigenvalue weighted by atomic mass is 9.84. The van der Waals surface area contributed by atoms with Crippen molar-refractivity contribution in [3.05, 3.63) is 210 Å². The van der Waals surface area contributed by atoms with Crippen molar-refractivity contribution >= 4 is 44.8 Å². The zero-order valence-corrected chi connectivity index (χ0v) is 30.8. The van der Waals surface area contributed by atoms with E-state index in [9.17, 15) is 0 Å². The standard InChI is InChI=1S/C53H37N3/c1-6-18-37(19-7-1)48-45-28-14-5-15-29-46(45)49(38-20-8-2-9-21-38)50-44-31-17-30-42(43(44)34-35-47(48)50)36-26-16-27-41(33-32-36)53-55-51(39-22-10-3-11-23-39)54-52(56-53)40-24-12-4-13-25-40/h1-13,15,17-35H,14,16H2. The van der Waals surface area contributed by atoms with E-state index in [1.165, 1.54) is 65.4 Å². The van der Waals surface area contributed by atoms with Gasteiger partial charge in [0.15, 0.2) is 17.5 Å². The van der Waals surface area contributed by atoms with Gasteiger partial charge in [-0.3, -0.25) is 0 Å². The fourth-order valence-electron chi connectivity index (χ4n) is 8.20. The molecule has 0 radical (unpaired) electrons. The lowest BCUT2D eigenvalue weighted by Gasteiger charge is -2.19. The second-order valence-electron chi connectivity index (χ2n) is 14.2. The minimum atomic E-state index is 0.662. The molecule has 0 aliphatic heterocycles. The molecule has 3 heteroatoms. The Morgan fingerprint density at radius 2 is 0.929 bits per heavy atom. The molecule has 0 spiro atoms. The Morgan fingerprint density at radius 1 is 0.375 bits per heavy atom. The summed E-state index contributed by atoms with van der Waals surface area (Å²) in [5, 5.41) is 7.56. The van der Waals surface area contributed by atoms with Crippen molar-refractivity contribution in [2.24, 2.45) is 0 Å². The second kappa shape index (κ2) is 14.5. The van der Waals surface area contributed by atoms with E-state index in [2.05, 4.69) is 140 Å². The van der Waals surface area contributed by atoms with Gasteiger partial charge in [0, 0.05) is 16.7 Å². The van der Waals surface area contributed by atoms with Crippen LogP contribution in [-0.4, -0.2) is 15.0 Å². The quantitative estimate of drug-likeness (QED) is 0.161. The van der Waals surface area contributed by atoms with E-state index in [1.54, 1.807) is 0 Å².